The number of phosphoric acid groups is 3. The number of rotatable bonds is 10. The van der Waals surface area contributed by atoms with Crippen LogP contribution in [0.1, 0.15) is 12.8 Å². The summed E-state index contributed by atoms with van der Waals surface area (Å²) in [6, 6.07) is 0. The highest BCUT2D eigenvalue weighted by molar-refractivity contribution is 7.66. The molecule has 0 aromatic carbocycles. The molecule has 1 heterocycles. The molecule has 1 aliphatic rings. The Hall–Kier alpha value is -0.900. The van der Waals surface area contributed by atoms with Crippen molar-refractivity contribution in [3.05, 3.63) is 11.8 Å². The van der Waals surface area contributed by atoms with E-state index < -0.39 is 42.4 Å². The number of nitrogens with one attached hydrogen (secondary N) is 1. The van der Waals surface area contributed by atoms with Crippen LogP contribution in [0, 0.1) is 11.8 Å². The van der Waals surface area contributed by atoms with E-state index in [1.165, 1.54) is 6.20 Å². The number of carbonyl (C=O) groups is 1. The molecule has 0 saturated carbocycles. The number of hydrogen-bond donors (Lipinski definition) is 6. The zero-order chi connectivity index (χ0) is 21.4. The van der Waals surface area contributed by atoms with Gasteiger partial charge in [0.05, 0.1) is 24.8 Å². The van der Waals surface area contributed by atoms with Gasteiger partial charge in [0.15, 0.2) is 6.29 Å². The van der Waals surface area contributed by atoms with E-state index in [4.69, 9.17) is 25.2 Å². The Morgan fingerprint density at radius 3 is 2.43 bits per heavy atom. The van der Waals surface area contributed by atoms with Crippen molar-refractivity contribution in [3.63, 3.8) is 0 Å². The summed E-state index contributed by atoms with van der Waals surface area (Å²) in [5, 5.41) is 2.76. The Bertz CT molecular complexity index is 783. The van der Waals surface area contributed by atoms with Crippen LogP contribution in [0.5, 0.6) is 0 Å². The van der Waals surface area contributed by atoms with E-state index in [9.17, 15) is 23.4 Å². The van der Waals surface area contributed by atoms with Crippen molar-refractivity contribution in [2.75, 3.05) is 13.2 Å². The molecule has 2 unspecified atom stereocenters. The highest BCUT2D eigenvalue weighted by Crippen LogP contribution is 2.66. The van der Waals surface area contributed by atoms with Crippen LogP contribution in [0.15, 0.2) is 11.8 Å². The quantitative estimate of drug-likeness (QED) is 0.103. The summed E-state index contributed by atoms with van der Waals surface area (Å²) in [5.74, 6) is 5.01. The van der Waals surface area contributed by atoms with Gasteiger partial charge in [-0.15, -0.1) is 0 Å². The molecular formula is C11H19N2O12P3. The molecule has 0 aromatic rings. The summed E-state index contributed by atoms with van der Waals surface area (Å²) in [5.41, 5.74) is 5.33. The maximum absolute atomic E-state index is 11.6. The molecule has 4 atom stereocenters. The lowest BCUT2D eigenvalue weighted by atomic mass is 10.2. The van der Waals surface area contributed by atoms with E-state index in [2.05, 4.69) is 30.3 Å². The zero-order valence-corrected chi connectivity index (χ0v) is 16.8. The lowest BCUT2D eigenvalue weighted by Gasteiger charge is -2.18. The highest BCUT2D eigenvalue weighted by atomic mass is 31.3. The van der Waals surface area contributed by atoms with Crippen LogP contribution in [0.25, 0.3) is 0 Å². The van der Waals surface area contributed by atoms with Crippen LogP contribution in [-0.4, -0.2) is 51.3 Å². The number of ether oxygens (including phenoxy) is 1. The minimum Gasteiger partial charge on any atom is -0.365 e. The topological polar surface area (TPSA) is 224 Å². The fraction of sp³-hybridized carbons (Fsp3) is 0.545. The molecule has 0 bridgehead atoms. The molecule has 1 aliphatic heterocycles. The number of aldehydes is 1. The predicted octanol–water partition coefficient (Wildman–Crippen LogP) is -0.531. The minimum atomic E-state index is -5.56. The summed E-state index contributed by atoms with van der Waals surface area (Å²) in [7, 11) is -16.2. The molecule has 1 rings (SSSR count). The summed E-state index contributed by atoms with van der Waals surface area (Å²) >= 11 is 0. The number of nitrogens with two attached hydrogens (primary N) is 1. The first-order chi connectivity index (χ1) is 12.9. The largest absolute Gasteiger partial charge is 0.490 e. The average molecular weight is 464 g/mol. The van der Waals surface area contributed by atoms with Gasteiger partial charge in [0.1, 0.15) is 6.23 Å². The lowest BCUT2D eigenvalue weighted by Crippen LogP contribution is -2.26. The molecule has 17 heteroatoms. The summed E-state index contributed by atoms with van der Waals surface area (Å²) in [6.45, 7) is -0.465. The van der Waals surface area contributed by atoms with Gasteiger partial charge in [0.25, 0.3) is 0 Å². The first-order valence-corrected chi connectivity index (χ1v) is 11.9. The molecule has 7 N–H and O–H groups in total. The molecule has 28 heavy (non-hydrogen) atoms. The fourth-order valence-electron chi connectivity index (χ4n) is 1.87. The van der Waals surface area contributed by atoms with Gasteiger partial charge in [-0.3, -0.25) is 9.32 Å². The van der Waals surface area contributed by atoms with Crippen LogP contribution in [0.2, 0.25) is 0 Å². The SMILES string of the molecule is NCC#C/C(C=O)=C/N[C@H]1CC[C@@H](COP(=O)(O)OP(=O)(O)OP(=O)(O)O)O1. The zero-order valence-electron chi connectivity index (χ0n) is 14.1. The molecule has 1 fully saturated rings. The Balaban J connectivity index is 2.50. The predicted molar refractivity (Wildman–Crippen MR) is 91.8 cm³/mol. The maximum atomic E-state index is 11.6. The molecule has 0 spiro atoms. The van der Waals surface area contributed by atoms with E-state index >= 15 is 0 Å². The fourth-order valence-corrected chi connectivity index (χ4v) is 4.92. The van der Waals surface area contributed by atoms with Crippen molar-refractivity contribution >= 4 is 29.8 Å². The molecule has 14 nitrogen and oxygen atoms in total. The van der Waals surface area contributed by atoms with Gasteiger partial charge < -0.3 is 35.4 Å². The molecular weight excluding hydrogens is 445 g/mol. The highest BCUT2D eigenvalue weighted by Gasteiger charge is 2.41. The van der Waals surface area contributed by atoms with Crippen LogP contribution in [0.3, 0.4) is 0 Å². The van der Waals surface area contributed by atoms with E-state index in [1.54, 1.807) is 0 Å². The Kier molecular flexibility index (Phi) is 9.66. The van der Waals surface area contributed by atoms with Crippen molar-refractivity contribution in [1.29, 1.82) is 0 Å². The third kappa shape index (κ3) is 10.6. The molecule has 160 valence electrons. The number of carbonyl (C=O) groups excluding carboxylic acids is 1. The minimum absolute atomic E-state index is 0.0772. The van der Waals surface area contributed by atoms with Gasteiger partial charge >= 0.3 is 23.5 Å². The third-order valence-electron chi connectivity index (χ3n) is 2.83. The van der Waals surface area contributed by atoms with Crippen molar-refractivity contribution < 1.29 is 55.9 Å². The van der Waals surface area contributed by atoms with Gasteiger partial charge in [-0.2, -0.15) is 8.62 Å². The standard InChI is InChI=1S/C11H19N2O12P3/c12-5-1-2-9(7-14)6-13-11-4-3-10(23-11)8-22-27(18,19)25-28(20,21)24-26(15,16)17/h6-7,10-11,13H,3-5,8,12H2,(H,18,19)(H,20,21)(H2,15,16,17)/b9-6-/t10-,11+/m0/s1. The van der Waals surface area contributed by atoms with E-state index in [1.807, 2.05) is 0 Å². The van der Waals surface area contributed by atoms with Gasteiger partial charge in [-0.25, -0.2) is 13.7 Å². The van der Waals surface area contributed by atoms with Gasteiger partial charge in [-0.05, 0) is 12.8 Å². The summed E-state index contributed by atoms with van der Waals surface area (Å²) in [6.07, 6.45) is 1.32. The van der Waals surface area contributed by atoms with Crippen molar-refractivity contribution in [3.8, 4) is 11.8 Å². The normalized spacial score (nSPS) is 24.5. The Morgan fingerprint density at radius 2 is 1.86 bits per heavy atom. The summed E-state index contributed by atoms with van der Waals surface area (Å²) < 4.78 is 50.4. The monoisotopic (exact) mass is 464 g/mol. The average Bonchev–Trinajstić information content (AvgIpc) is 2.98. The van der Waals surface area contributed by atoms with Crippen LogP contribution in [0.4, 0.5) is 0 Å². The van der Waals surface area contributed by atoms with Gasteiger partial charge in [0, 0.05) is 6.20 Å². The van der Waals surface area contributed by atoms with Gasteiger partial charge in [-0.1, -0.05) is 11.8 Å². The third-order valence-corrected chi connectivity index (χ3v) is 6.64. The van der Waals surface area contributed by atoms with E-state index in [0.717, 1.165) is 0 Å². The second-order valence-electron chi connectivity index (χ2n) is 5.10. The number of phosphoric ester groups is 1. The second kappa shape index (κ2) is 10.8. The van der Waals surface area contributed by atoms with E-state index in [-0.39, 0.29) is 12.1 Å². The van der Waals surface area contributed by atoms with Crippen LogP contribution < -0.4 is 11.1 Å². The molecule has 0 aromatic heterocycles. The molecule has 0 amide bonds. The first kappa shape index (κ1) is 25.1. The van der Waals surface area contributed by atoms with Crippen LogP contribution in [-0.2, 0) is 36.4 Å². The lowest BCUT2D eigenvalue weighted by molar-refractivity contribution is -0.104. The Labute approximate surface area is 159 Å². The molecule has 0 radical (unpaired) electrons. The Morgan fingerprint density at radius 1 is 1.18 bits per heavy atom. The number of hydrogen-bond acceptors (Lipinski definition) is 10. The van der Waals surface area contributed by atoms with E-state index in [0.29, 0.717) is 19.1 Å². The van der Waals surface area contributed by atoms with Crippen molar-refractivity contribution in [2.24, 2.45) is 5.73 Å². The second-order valence-corrected chi connectivity index (χ2v) is 9.52. The first-order valence-electron chi connectivity index (χ1n) is 7.40. The maximum Gasteiger partial charge on any atom is 0.490 e. The molecule has 0 aliphatic carbocycles. The van der Waals surface area contributed by atoms with Gasteiger partial charge in [0.2, 0.25) is 0 Å². The smallest absolute Gasteiger partial charge is 0.365 e. The molecule has 1 saturated heterocycles. The van der Waals surface area contributed by atoms with Crippen molar-refractivity contribution in [1.82, 2.24) is 5.32 Å². The number of allylic oxidation sites excluding steroid dienone is 1. The summed E-state index contributed by atoms with van der Waals surface area (Å²) in [4.78, 5) is 46.1. The van der Waals surface area contributed by atoms with Crippen molar-refractivity contribution in [2.45, 2.75) is 25.2 Å². The van der Waals surface area contributed by atoms with Crippen LogP contribution >= 0.6 is 23.5 Å².